The Morgan fingerprint density at radius 1 is 1.36 bits per heavy atom. The van der Waals surface area contributed by atoms with Crippen molar-refractivity contribution in [1.82, 2.24) is 0 Å². The van der Waals surface area contributed by atoms with Gasteiger partial charge in [0.15, 0.2) is 5.13 Å². The Hall–Kier alpha value is -0.760. The number of hydrogen-bond donors (Lipinski definition) is 0. The average molecular weight is 215 g/mol. The first-order valence-corrected chi connectivity index (χ1v) is 4.97. The highest BCUT2D eigenvalue weighted by molar-refractivity contribution is 6.26. The number of hydrogen-bond acceptors (Lipinski definition) is 1. The molecular formula is C11H12ClFO. The Morgan fingerprint density at radius 3 is 2.21 bits per heavy atom. The summed E-state index contributed by atoms with van der Waals surface area (Å²) in [6.45, 7) is 1.82. The molecule has 0 N–H and O–H groups in total. The molecule has 1 aromatic rings. The lowest BCUT2D eigenvalue weighted by atomic mass is 10.1. The number of methoxy groups -OCH3 is 1. The van der Waals surface area contributed by atoms with Crippen LogP contribution < -0.4 is 4.74 Å². The van der Waals surface area contributed by atoms with Gasteiger partial charge >= 0.3 is 0 Å². The van der Waals surface area contributed by atoms with Gasteiger partial charge in [-0.2, -0.15) is 0 Å². The lowest BCUT2D eigenvalue weighted by Crippen LogP contribution is -1.91. The first-order chi connectivity index (χ1) is 6.57. The minimum atomic E-state index is -1.55. The molecule has 0 bridgehead atoms. The van der Waals surface area contributed by atoms with Crippen molar-refractivity contribution in [2.24, 2.45) is 5.92 Å². The monoisotopic (exact) mass is 214 g/mol. The van der Waals surface area contributed by atoms with Crippen LogP contribution in [0.5, 0.6) is 5.75 Å². The summed E-state index contributed by atoms with van der Waals surface area (Å²) >= 11 is 5.67. The SMILES string of the molecule is COc1ccc([C@@H]2[C@@H](C)C2(F)Cl)cc1. The van der Waals surface area contributed by atoms with Crippen LogP contribution >= 0.6 is 11.6 Å². The van der Waals surface area contributed by atoms with Crippen LogP contribution in [0.25, 0.3) is 0 Å². The van der Waals surface area contributed by atoms with Crippen LogP contribution in [-0.2, 0) is 0 Å². The molecule has 0 amide bonds. The summed E-state index contributed by atoms with van der Waals surface area (Å²) in [4.78, 5) is 0. The summed E-state index contributed by atoms with van der Waals surface area (Å²) in [5, 5.41) is -1.55. The van der Waals surface area contributed by atoms with Crippen LogP contribution in [0.15, 0.2) is 24.3 Å². The van der Waals surface area contributed by atoms with E-state index in [-0.39, 0.29) is 11.8 Å². The molecule has 1 unspecified atom stereocenters. The van der Waals surface area contributed by atoms with E-state index in [0.29, 0.717) is 0 Å². The predicted octanol–water partition coefficient (Wildman–Crippen LogP) is 3.33. The molecule has 1 fully saturated rings. The molecule has 76 valence electrons. The number of ether oxygens (including phenoxy) is 1. The average Bonchev–Trinajstić information content (AvgIpc) is 2.67. The van der Waals surface area contributed by atoms with Gasteiger partial charge in [0.2, 0.25) is 0 Å². The molecule has 0 aromatic heterocycles. The van der Waals surface area contributed by atoms with E-state index in [9.17, 15) is 4.39 Å². The molecule has 1 aliphatic carbocycles. The van der Waals surface area contributed by atoms with Crippen LogP contribution in [0.2, 0.25) is 0 Å². The molecule has 1 saturated carbocycles. The first kappa shape index (κ1) is 9.78. The van der Waals surface area contributed by atoms with Gasteiger partial charge in [0, 0.05) is 11.8 Å². The molecule has 14 heavy (non-hydrogen) atoms. The van der Waals surface area contributed by atoms with Crippen molar-refractivity contribution in [3.63, 3.8) is 0 Å². The highest BCUT2D eigenvalue weighted by Gasteiger charge is 2.63. The highest BCUT2D eigenvalue weighted by Crippen LogP contribution is 2.62. The van der Waals surface area contributed by atoms with E-state index in [2.05, 4.69) is 0 Å². The van der Waals surface area contributed by atoms with E-state index in [1.54, 1.807) is 7.11 Å². The molecule has 3 heteroatoms. The molecule has 0 aliphatic heterocycles. The van der Waals surface area contributed by atoms with Crippen molar-refractivity contribution in [3.05, 3.63) is 29.8 Å². The van der Waals surface area contributed by atoms with Gasteiger partial charge in [-0.1, -0.05) is 30.7 Å². The fourth-order valence-corrected chi connectivity index (χ4v) is 2.18. The predicted molar refractivity (Wildman–Crippen MR) is 54.6 cm³/mol. The fraction of sp³-hybridized carbons (Fsp3) is 0.455. The number of alkyl halides is 2. The summed E-state index contributed by atoms with van der Waals surface area (Å²) < 4.78 is 18.5. The van der Waals surface area contributed by atoms with Gasteiger partial charge in [0.05, 0.1) is 7.11 Å². The standard InChI is InChI=1S/C11H12ClFO/c1-7-10(11(7,12)13)8-3-5-9(14-2)6-4-8/h3-7,10H,1-2H3/t7-,10+,11?/m1/s1. The van der Waals surface area contributed by atoms with Gasteiger partial charge < -0.3 is 4.74 Å². The second-order valence-electron chi connectivity index (χ2n) is 3.71. The third-order valence-corrected chi connectivity index (χ3v) is 3.47. The van der Waals surface area contributed by atoms with Crippen molar-refractivity contribution in [2.45, 2.75) is 18.0 Å². The number of benzene rings is 1. The Kier molecular flexibility index (Phi) is 2.18. The molecular weight excluding hydrogens is 203 g/mol. The normalized spacial score (nSPS) is 35.4. The maximum atomic E-state index is 13.5. The molecule has 1 nitrogen and oxygen atoms in total. The zero-order chi connectivity index (χ0) is 10.3. The van der Waals surface area contributed by atoms with Crippen LogP contribution in [0.1, 0.15) is 18.4 Å². The molecule has 0 heterocycles. The van der Waals surface area contributed by atoms with Crippen LogP contribution in [0.3, 0.4) is 0 Å². The molecule has 1 aromatic carbocycles. The summed E-state index contributed by atoms with van der Waals surface area (Å²) in [7, 11) is 1.61. The van der Waals surface area contributed by atoms with E-state index in [0.717, 1.165) is 11.3 Å². The Morgan fingerprint density at radius 2 is 1.86 bits per heavy atom. The molecule has 0 saturated heterocycles. The Bertz CT molecular complexity index is 334. The van der Waals surface area contributed by atoms with Crippen LogP contribution in [-0.4, -0.2) is 12.2 Å². The van der Waals surface area contributed by atoms with Gasteiger partial charge in [0.1, 0.15) is 5.75 Å². The van der Waals surface area contributed by atoms with E-state index in [1.165, 1.54) is 0 Å². The molecule has 0 radical (unpaired) electrons. The lowest BCUT2D eigenvalue weighted by molar-refractivity contribution is 0.395. The Balaban J connectivity index is 2.20. The highest BCUT2D eigenvalue weighted by atomic mass is 35.5. The third-order valence-electron chi connectivity index (χ3n) is 2.89. The van der Waals surface area contributed by atoms with Crippen molar-refractivity contribution in [2.75, 3.05) is 7.11 Å². The van der Waals surface area contributed by atoms with Crippen molar-refractivity contribution < 1.29 is 9.13 Å². The zero-order valence-corrected chi connectivity index (χ0v) is 8.88. The Labute approximate surface area is 87.8 Å². The number of halogens is 2. The second-order valence-corrected chi connectivity index (χ2v) is 4.29. The topological polar surface area (TPSA) is 9.23 Å². The molecule has 3 atom stereocenters. The maximum Gasteiger partial charge on any atom is 0.194 e. The molecule has 1 aliphatic rings. The van der Waals surface area contributed by atoms with Crippen molar-refractivity contribution in [1.29, 1.82) is 0 Å². The summed E-state index contributed by atoms with van der Waals surface area (Å²) in [5.41, 5.74) is 0.941. The zero-order valence-electron chi connectivity index (χ0n) is 8.13. The minimum Gasteiger partial charge on any atom is -0.497 e. The van der Waals surface area contributed by atoms with E-state index in [1.807, 2.05) is 31.2 Å². The third kappa shape index (κ3) is 1.38. The number of rotatable bonds is 2. The largest absolute Gasteiger partial charge is 0.497 e. The van der Waals surface area contributed by atoms with Crippen LogP contribution in [0.4, 0.5) is 4.39 Å². The minimum absolute atomic E-state index is 0.0995. The van der Waals surface area contributed by atoms with Gasteiger partial charge in [-0.25, -0.2) is 4.39 Å². The van der Waals surface area contributed by atoms with Crippen molar-refractivity contribution in [3.8, 4) is 5.75 Å². The quantitative estimate of drug-likeness (QED) is 0.687. The smallest absolute Gasteiger partial charge is 0.194 e. The van der Waals surface area contributed by atoms with Gasteiger partial charge in [-0.15, -0.1) is 0 Å². The summed E-state index contributed by atoms with van der Waals surface area (Å²) in [6, 6.07) is 7.38. The van der Waals surface area contributed by atoms with Crippen molar-refractivity contribution >= 4 is 11.6 Å². The summed E-state index contributed by atoms with van der Waals surface area (Å²) in [6.07, 6.45) is 0. The molecule has 2 rings (SSSR count). The van der Waals surface area contributed by atoms with E-state index < -0.39 is 5.13 Å². The maximum absolute atomic E-state index is 13.5. The van der Waals surface area contributed by atoms with Gasteiger partial charge in [-0.05, 0) is 17.7 Å². The van der Waals surface area contributed by atoms with Crippen LogP contribution in [0, 0.1) is 5.92 Å². The fourth-order valence-electron chi connectivity index (χ4n) is 1.80. The summed E-state index contributed by atoms with van der Waals surface area (Å²) in [5.74, 6) is 0.508. The first-order valence-electron chi connectivity index (χ1n) is 4.59. The van der Waals surface area contributed by atoms with E-state index in [4.69, 9.17) is 16.3 Å². The lowest BCUT2D eigenvalue weighted by Gasteiger charge is -2.02. The second kappa shape index (κ2) is 3.13. The van der Waals surface area contributed by atoms with Gasteiger partial charge in [0.25, 0.3) is 0 Å². The van der Waals surface area contributed by atoms with Gasteiger partial charge in [-0.3, -0.25) is 0 Å². The van der Waals surface area contributed by atoms with E-state index >= 15 is 0 Å². The molecule has 0 spiro atoms.